The lowest BCUT2D eigenvalue weighted by molar-refractivity contribution is -0.128. The fraction of sp³-hybridized carbons (Fsp3) is 0.514. The van der Waals surface area contributed by atoms with Crippen LogP contribution in [0.1, 0.15) is 55.3 Å². The van der Waals surface area contributed by atoms with Crippen molar-refractivity contribution in [2.75, 3.05) is 62.2 Å². The minimum Gasteiger partial charge on any atom is -0.463 e. The summed E-state index contributed by atoms with van der Waals surface area (Å²) in [6.45, 7) is 13.2. The van der Waals surface area contributed by atoms with E-state index in [9.17, 15) is 10.1 Å². The molecule has 0 N–H and O–H groups in total. The Labute approximate surface area is 272 Å². The number of fused-ring (bicyclic) bond motifs is 2. The van der Waals surface area contributed by atoms with Gasteiger partial charge in [-0.15, -0.1) is 0 Å². The third-order valence-electron chi connectivity index (χ3n) is 10.7. The van der Waals surface area contributed by atoms with E-state index in [0.717, 1.165) is 36.6 Å². The summed E-state index contributed by atoms with van der Waals surface area (Å²) >= 11 is 0. The predicted molar refractivity (Wildman–Crippen MR) is 181 cm³/mol. The first-order valence-corrected chi connectivity index (χ1v) is 17.0. The van der Waals surface area contributed by atoms with Crippen LogP contribution >= 0.6 is 0 Å². The number of hydrogen-bond acceptors (Lipinski definition) is 8. The van der Waals surface area contributed by atoms with E-state index in [4.69, 9.17) is 14.7 Å². The van der Waals surface area contributed by atoms with Crippen LogP contribution in [0.2, 0.25) is 0 Å². The molecule has 2 aromatic carbocycles. The Bertz CT molecular complexity index is 1650. The summed E-state index contributed by atoms with van der Waals surface area (Å²) in [4.78, 5) is 31.9. The second-order valence-electron chi connectivity index (χ2n) is 13.7. The number of nitriles is 1. The first kappa shape index (κ1) is 30.5. The highest BCUT2D eigenvalue weighted by molar-refractivity contribution is 5.97. The first-order valence-electron chi connectivity index (χ1n) is 17.0. The Hall–Kier alpha value is -4.16. The largest absolute Gasteiger partial charge is 0.463 e. The molecule has 4 heterocycles. The molecular weight excluding hydrogens is 574 g/mol. The zero-order chi connectivity index (χ0) is 31.7. The van der Waals surface area contributed by atoms with Crippen molar-refractivity contribution in [3.8, 4) is 12.1 Å². The van der Waals surface area contributed by atoms with Crippen molar-refractivity contribution >= 4 is 28.2 Å². The maximum Gasteiger partial charge on any atom is 0.318 e. The van der Waals surface area contributed by atoms with Gasteiger partial charge in [-0.05, 0) is 75.2 Å². The lowest BCUT2D eigenvalue weighted by Crippen LogP contribution is -2.55. The molecule has 7 rings (SSSR count). The van der Waals surface area contributed by atoms with Crippen molar-refractivity contribution in [1.82, 2.24) is 19.8 Å². The van der Waals surface area contributed by atoms with Gasteiger partial charge in [0, 0.05) is 54.8 Å². The number of carbonyl (C=O) groups excluding carboxylic acids is 1. The van der Waals surface area contributed by atoms with E-state index >= 15 is 0 Å². The molecule has 3 fully saturated rings. The number of benzene rings is 2. The number of aromatic nitrogens is 2. The molecule has 1 aliphatic carbocycles. The zero-order valence-corrected chi connectivity index (χ0v) is 27.1. The lowest BCUT2D eigenvalue weighted by atomic mass is 9.69. The number of nitrogens with zero attached hydrogens (tertiary/aromatic N) is 7. The molecule has 0 spiro atoms. The molecule has 2 saturated heterocycles. The molecule has 3 aliphatic heterocycles. The van der Waals surface area contributed by atoms with Crippen LogP contribution in [0, 0.1) is 23.7 Å². The summed E-state index contributed by atoms with van der Waals surface area (Å²) in [6, 6.07) is 15.5. The standard InChI is InChI=1S/C37H45N7O2/c1-3-33(45)44-22-21-43(23-29(44)13-17-38)35-30-14-20-42(32-12-7-11-28-10-6-9-27(2)34(28)32)24-31(30)39-36(40-35)46-26-37(15-8-16-37)25-41-18-4-5-19-41/h3,6-7,9-12,29H,1,4-5,8,13-16,18-26H2,2H3/t29-/m0/s1. The third-order valence-corrected chi connectivity index (χ3v) is 10.7. The van der Waals surface area contributed by atoms with Crippen molar-refractivity contribution in [3.05, 3.63) is 65.9 Å². The maximum atomic E-state index is 12.6. The average molecular weight is 620 g/mol. The van der Waals surface area contributed by atoms with E-state index in [0.29, 0.717) is 38.8 Å². The minimum atomic E-state index is -0.225. The molecule has 240 valence electrons. The Morgan fingerprint density at radius 3 is 2.61 bits per heavy atom. The van der Waals surface area contributed by atoms with E-state index in [1.165, 1.54) is 73.3 Å². The molecule has 1 aromatic heterocycles. The van der Waals surface area contributed by atoms with Gasteiger partial charge in [-0.1, -0.05) is 43.3 Å². The number of rotatable bonds is 9. The van der Waals surface area contributed by atoms with Crippen LogP contribution in [0.25, 0.3) is 10.8 Å². The molecule has 0 bridgehead atoms. The number of carbonyl (C=O) groups is 1. The monoisotopic (exact) mass is 619 g/mol. The smallest absolute Gasteiger partial charge is 0.318 e. The molecule has 0 unspecified atom stereocenters. The molecular formula is C37H45N7O2. The number of likely N-dealkylation sites (tertiary alicyclic amines) is 1. The first-order chi connectivity index (χ1) is 22.5. The van der Waals surface area contributed by atoms with E-state index < -0.39 is 0 Å². The second-order valence-corrected chi connectivity index (χ2v) is 13.7. The summed E-state index contributed by atoms with van der Waals surface area (Å²) in [7, 11) is 0. The molecule has 9 heteroatoms. The number of aryl methyl sites for hydroxylation is 1. The van der Waals surface area contributed by atoms with E-state index in [-0.39, 0.29) is 23.8 Å². The normalized spacial score (nSPS) is 21.0. The van der Waals surface area contributed by atoms with Gasteiger partial charge in [-0.25, -0.2) is 0 Å². The second kappa shape index (κ2) is 12.9. The number of anilines is 2. The molecule has 1 atom stereocenters. The lowest BCUT2D eigenvalue weighted by Gasteiger charge is -2.44. The van der Waals surface area contributed by atoms with Crippen molar-refractivity contribution in [3.63, 3.8) is 0 Å². The van der Waals surface area contributed by atoms with Crippen LogP contribution in [0.4, 0.5) is 11.5 Å². The number of ether oxygens (including phenoxy) is 1. The summed E-state index contributed by atoms with van der Waals surface area (Å²) in [5.41, 5.74) is 4.82. The topological polar surface area (TPSA) is 88.8 Å². The Morgan fingerprint density at radius 1 is 1.07 bits per heavy atom. The quantitative estimate of drug-likeness (QED) is 0.300. The number of piperazine rings is 1. The van der Waals surface area contributed by atoms with E-state index in [1.54, 1.807) is 4.90 Å². The summed E-state index contributed by atoms with van der Waals surface area (Å²) < 4.78 is 6.58. The van der Waals surface area contributed by atoms with Crippen LogP contribution in [0.15, 0.2) is 49.1 Å². The Morgan fingerprint density at radius 2 is 1.87 bits per heavy atom. The van der Waals surface area contributed by atoms with Crippen LogP contribution in [0.3, 0.4) is 0 Å². The van der Waals surface area contributed by atoms with Gasteiger partial charge in [0.2, 0.25) is 5.91 Å². The molecule has 0 radical (unpaired) electrons. The van der Waals surface area contributed by atoms with Crippen molar-refractivity contribution in [2.24, 2.45) is 5.41 Å². The van der Waals surface area contributed by atoms with Crippen molar-refractivity contribution in [2.45, 2.75) is 64.5 Å². The summed E-state index contributed by atoms with van der Waals surface area (Å²) in [6.07, 6.45) is 8.62. The van der Waals surface area contributed by atoms with Crippen LogP contribution in [-0.2, 0) is 17.8 Å². The van der Waals surface area contributed by atoms with Gasteiger partial charge < -0.3 is 24.3 Å². The maximum absolute atomic E-state index is 12.6. The van der Waals surface area contributed by atoms with Crippen LogP contribution < -0.4 is 14.5 Å². The Kier molecular flexibility index (Phi) is 8.56. The highest BCUT2D eigenvalue weighted by Gasteiger charge is 2.40. The molecule has 46 heavy (non-hydrogen) atoms. The molecule has 3 aromatic rings. The minimum absolute atomic E-state index is 0.126. The fourth-order valence-electron chi connectivity index (χ4n) is 8.08. The molecule has 1 saturated carbocycles. The molecule has 9 nitrogen and oxygen atoms in total. The van der Waals surface area contributed by atoms with Gasteiger partial charge in [0.15, 0.2) is 0 Å². The van der Waals surface area contributed by atoms with Gasteiger partial charge in [-0.2, -0.15) is 15.2 Å². The summed E-state index contributed by atoms with van der Waals surface area (Å²) in [5, 5.41) is 12.1. The SMILES string of the molecule is C=CC(=O)N1CCN(c2nc(OCC3(CN4CCCC4)CCC3)nc3c2CCN(c2cccc4cccc(C)c24)C3)C[C@@H]1CC#N. The van der Waals surface area contributed by atoms with Gasteiger partial charge in [0.05, 0.1) is 37.4 Å². The highest BCUT2D eigenvalue weighted by Crippen LogP contribution is 2.43. The van der Waals surface area contributed by atoms with Crippen LogP contribution in [0.5, 0.6) is 6.01 Å². The van der Waals surface area contributed by atoms with Gasteiger partial charge in [0.25, 0.3) is 0 Å². The number of hydrogen-bond donors (Lipinski definition) is 0. The van der Waals surface area contributed by atoms with Gasteiger partial charge in [-0.3, -0.25) is 4.79 Å². The third kappa shape index (κ3) is 5.91. The van der Waals surface area contributed by atoms with Crippen LogP contribution in [-0.4, -0.2) is 84.1 Å². The molecule has 1 amide bonds. The number of amides is 1. The van der Waals surface area contributed by atoms with Crippen molar-refractivity contribution < 1.29 is 9.53 Å². The van der Waals surface area contributed by atoms with Gasteiger partial charge in [0.1, 0.15) is 5.82 Å². The highest BCUT2D eigenvalue weighted by atomic mass is 16.5. The predicted octanol–water partition coefficient (Wildman–Crippen LogP) is 5.26. The van der Waals surface area contributed by atoms with E-state index in [1.807, 2.05) is 0 Å². The Balaban J connectivity index is 1.21. The fourth-order valence-corrected chi connectivity index (χ4v) is 8.08. The zero-order valence-electron chi connectivity index (χ0n) is 27.1. The molecule has 4 aliphatic rings. The van der Waals surface area contributed by atoms with Gasteiger partial charge >= 0.3 is 6.01 Å². The summed E-state index contributed by atoms with van der Waals surface area (Å²) in [5.74, 6) is 0.767. The van der Waals surface area contributed by atoms with E-state index in [2.05, 4.69) is 70.7 Å². The average Bonchev–Trinajstić information content (AvgIpc) is 3.58. The van der Waals surface area contributed by atoms with Crippen molar-refractivity contribution in [1.29, 1.82) is 5.26 Å².